The fraction of sp³-hybridized carbons (Fsp3) is 0.333. The summed E-state index contributed by atoms with van der Waals surface area (Å²) in [6.45, 7) is 6.60. The van der Waals surface area contributed by atoms with E-state index in [1.165, 1.54) is 0 Å². The highest BCUT2D eigenvalue weighted by molar-refractivity contribution is 6.30. The minimum Gasteiger partial charge on any atom is -0.352 e. The molecule has 1 amide bonds. The molecular weight excluding hydrogens is 360 g/mol. The maximum absolute atomic E-state index is 12.0. The van der Waals surface area contributed by atoms with Gasteiger partial charge < -0.3 is 16.0 Å². The molecule has 0 atom stereocenters. The SMILES string of the molecule is CN=C(NCC(=O)NC(C)(C)C)NCc1ccccc1-c1ccc(Cl)cc1. The van der Waals surface area contributed by atoms with Crippen molar-refractivity contribution in [1.82, 2.24) is 16.0 Å². The normalized spacial score (nSPS) is 11.8. The summed E-state index contributed by atoms with van der Waals surface area (Å²) in [5.74, 6) is 0.497. The Hall–Kier alpha value is -2.53. The molecule has 144 valence electrons. The van der Waals surface area contributed by atoms with Gasteiger partial charge in [0.1, 0.15) is 0 Å². The third-order valence-corrected chi connectivity index (χ3v) is 4.03. The lowest BCUT2D eigenvalue weighted by molar-refractivity contribution is -0.121. The predicted octanol–water partition coefficient (Wildman–Crippen LogP) is 3.59. The maximum atomic E-state index is 12.0. The summed E-state index contributed by atoms with van der Waals surface area (Å²) in [5.41, 5.74) is 3.10. The summed E-state index contributed by atoms with van der Waals surface area (Å²) in [7, 11) is 1.68. The summed E-state index contributed by atoms with van der Waals surface area (Å²) in [4.78, 5) is 16.1. The van der Waals surface area contributed by atoms with Crippen molar-refractivity contribution in [2.45, 2.75) is 32.9 Å². The first-order valence-corrected chi connectivity index (χ1v) is 9.25. The molecule has 0 aliphatic rings. The number of guanidine groups is 1. The molecule has 0 saturated heterocycles. The first-order chi connectivity index (χ1) is 12.8. The van der Waals surface area contributed by atoms with Crippen molar-refractivity contribution in [3.8, 4) is 11.1 Å². The van der Waals surface area contributed by atoms with Crippen molar-refractivity contribution in [3.05, 3.63) is 59.1 Å². The molecule has 3 N–H and O–H groups in total. The van der Waals surface area contributed by atoms with E-state index < -0.39 is 0 Å². The number of hydrogen-bond donors (Lipinski definition) is 3. The summed E-state index contributed by atoms with van der Waals surface area (Å²) in [6, 6.07) is 15.9. The van der Waals surface area contributed by atoms with Gasteiger partial charge in [-0.3, -0.25) is 9.79 Å². The van der Waals surface area contributed by atoms with E-state index in [2.05, 4.69) is 33.1 Å². The van der Waals surface area contributed by atoms with Crippen LogP contribution in [0, 0.1) is 0 Å². The average molecular weight is 387 g/mol. The highest BCUT2D eigenvalue weighted by Gasteiger charge is 2.13. The lowest BCUT2D eigenvalue weighted by Gasteiger charge is -2.21. The fourth-order valence-electron chi connectivity index (χ4n) is 2.61. The molecule has 2 aromatic carbocycles. The van der Waals surface area contributed by atoms with E-state index in [1.807, 2.05) is 57.2 Å². The van der Waals surface area contributed by atoms with E-state index in [9.17, 15) is 4.79 Å². The predicted molar refractivity (Wildman–Crippen MR) is 113 cm³/mol. The van der Waals surface area contributed by atoms with Gasteiger partial charge in [0.15, 0.2) is 5.96 Å². The zero-order valence-electron chi connectivity index (χ0n) is 16.3. The zero-order chi connectivity index (χ0) is 19.9. The van der Waals surface area contributed by atoms with Gasteiger partial charge in [-0.15, -0.1) is 0 Å². The average Bonchev–Trinajstić information content (AvgIpc) is 2.61. The molecule has 0 aliphatic carbocycles. The quantitative estimate of drug-likeness (QED) is 0.543. The largest absolute Gasteiger partial charge is 0.352 e. The molecule has 0 spiro atoms. The molecular formula is C21H27ClN4O. The molecule has 0 fully saturated rings. The molecule has 0 saturated carbocycles. The number of nitrogens with one attached hydrogen (secondary N) is 3. The zero-order valence-corrected chi connectivity index (χ0v) is 17.0. The Balaban J connectivity index is 1.99. The van der Waals surface area contributed by atoms with Crippen molar-refractivity contribution in [1.29, 1.82) is 0 Å². The number of amides is 1. The van der Waals surface area contributed by atoms with Gasteiger partial charge in [-0.25, -0.2) is 0 Å². The van der Waals surface area contributed by atoms with E-state index in [-0.39, 0.29) is 18.0 Å². The standard InChI is InChI=1S/C21H27ClN4O/c1-21(2,3)26-19(27)14-25-20(23-4)24-13-16-7-5-6-8-18(16)15-9-11-17(22)12-10-15/h5-12H,13-14H2,1-4H3,(H,26,27)(H2,23,24,25). The molecule has 0 heterocycles. The van der Waals surface area contributed by atoms with Crippen molar-refractivity contribution in [2.24, 2.45) is 4.99 Å². The number of aliphatic imine (C=N–C) groups is 1. The summed E-state index contributed by atoms with van der Waals surface area (Å²) in [6.07, 6.45) is 0. The molecule has 2 rings (SSSR count). The van der Waals surface area contributed by atoms with Crippen LogP contribution in [0.25, 0.3) is 11.1 Å². The van der Waals surface area contributed by atoms with Crippen LogP contribution in [-0.2, 0) is 11.3 Å². The third kappa shape index (κ3) is 6.94. The molecule has 27 heavy (non-hydrogen) atoms. The maximum Gasteiger partial charge on any atom is 0.239 e. The van der Waals surface area contributed by atoms with E-state index in [4.69, 9.17) is 11.6 Å². The van der Waals surface area contributed by atoms with E-state index in [1.54, 1.807) is 7.05 Å². The Bertz CT molecular complexity index is 795. The van der Waals surface area contributed by atoms with Crippen LogP contribution in [0.2, 0.25) is 5.02 Å². The van der Waals surface area contributed by atoms with Crippen molar-refractivity contribution in [2.75, 3.05) is 13.6 Å². The second-order valence-electron chi connectivity index (χ2n) is 7.24. The van der Waals surface area contributed by atoms with Crippen LogP contribution in [0.15, 0.2) is 53.5 Å². The number of benzene rings is 2. The van der Waals surface area contributed by atoms with Gasteiger partial charge in [-0.1, -0.05) is 48.0 Å². The minimum absolute atomic E-state index is 0.0768. The number of nitrogens with zero attached hydrogens (tertiary/aromatic N) is 1. The summed E-state index contributed by atoms with van der Waals surface area (Å²) >= 11 is 5.99. The lowest BCUT2D eigenvalue weighted by Crippen LogP contribution is -2.48. The number of hydrogen-bond acceptors (Lipinski definition) is 2. The molecule has 0 radical (unpaired) electrons. The monoisotopic (exact) mass is 386 g/mol. The Morgan fingerprint density at radius 1 is 1.04 bits per heavy atom. The molecule has 2 aromatic rings. The van der Waals surface area contributed by atoms with Gasteiger partial charge in [-0.2, -0.15) is 0 Å². The van der Waals surface area contributed by atoms with Gasteiger partial charge in [0.25, 0.3) is 0 Å². The van der Waals surface area contributed by atoms with E-state index >= 15 is 0 Å². The highest BCUT2D eigenvalue weighted by Crippen LogP contribution is 2.25. The van der Waals surface area contributed by atoms with Crippen LogP contribution in [-0.4, -0.2) is 31.0 Å². The lowest BCUT2D eigenvalue weighted by atomic mass is 10.00. The second kappa shape index (κ2) is 9.42. The molecule has 0 bridgehead atoms. The Labute approximate surface area is 166 Å². The summed E-state index contributed by atoms with van der Waals surface area (Å²) < 4.78 is 0. The number of carbonyl (C=O) groups is 1. The van der Waals surface area contributed by atoms with Crippen LogP contribution < -0.4 is 16.0 Å². The van der Waals surface area contributed by atoms with Gasteiger partial charge in [0.2, 0.25) is 5.91 Å². The number of halogens is 1. The van der Waals surface area contributed by atoms with Gasteiger partial charge in [-0.05, 0) is 49.6 Å². The highest BCUT2D eigenvalue weighted by atomic mass is 35.5. The van der Waals surface area contributed by atoms with Crippen LogP contribution in [0.4, 0.5) is 0 Å². The van der Waals surface area contributed by atoms with Crippen LogP contribution >= 0.6 is 11.6 Å². The van der Waals surface area contributed by atoms with E-state index in [0.29, 0.717) is 17.5 Å². The van der Waals surface area contributed by atoms with Gasteiger partial charge in [0.05, 0.1) is 6.54 Å². The Morgan fingerprint density at radius 3 is 2.33 bits per heavy atom. The van der Waals surface area contributed by atoms with Gasteiger partial charge >= 0.3 is 0 Å². The van der Waals surface area contributed by atoms with Crippen LogP contribution in [0.5, 0.6) is 0 Å². The Kier molecular flexibility index (Phi) is 7.25. The summed E-state index contributed by atoms with van der Waals surface area (Å²) in [5, 5.41) is 9.92. The first kappa shape index (κ1) is 20.8. The molecule has 0 aromatic heterocycles. The van der Waals surface area contributed by atoms with Crippen LogP contribution in [0.3, 0.4) is 0 Å². The second-order valence-corrected chi connectivity index (χ2v) is 7.68. The topological polar surface area (TPSA) is 65.5 Å². The van der Waals surface area contributed by atoms with E-state index in [0.717, 1.165) is 16.7 Å². The first-order valence-electron chi connectivity index (χ1n) is 8.88. The Morgan fingerprint density at radius 2 is 1.70 bits per heavy atom. The molecule has 0 unspecified atom stereocenters. The molecule has 5 nitrogen and oxygen atoms in total. The number of rotatable bonds is 5. The molecule has 6 heteroatoms. The van der Waals surface area contributed by atoms with Crippen molar-refractivity contribution < 1.29 is 4.79 Å². The van der Waals surface area contributed by atoms with Crippen LogP contribution in [0.1, 0.15) is 26.3 Å². The molecule has 0 aliphatic heterocycles. The number of carbonyl (C=O) groups excluding carboxylic acids is 1. The van der Waals surface area contributed by atoms with Crippen molar-refractivity contribution >= 4 is 23.5 Å². The third-order valence-electron chi connectivity index (χ3n) is 3.77. The minimum atomic E-state index is -0.257. The van der Waals surface area contributed by atoms with Crippen molar-refractivity contribution in [3.63, 3.8) is 0 Å². The van der Waals surface area contributed by atoms with Gasteiger partial charge in [0, 0.05) is 24.2 Å². The smallest absolute Gasteiger partial charge is 0.239 e. The fourth-order valence-corrected chi connectivity index (χ4v) is 2.74.